The highest BCUT2D eigenvalue weighted by molar-refractivity contribution is 9.13. The smallest absolute Gasteiger partial charge is 0.374 e. The fourth-order valence-corrected chi connectivity index (χ4v) is 1.41. The van der Waals surface area contributed by atoms with Crippen molar-refractivity contribution >= 4 is 37.8 Å². The molecule has 1 aromatic rings. The summed E-state index contributed by atoms with van der Waals surface area (Å²) in [5, 5.41) is 0. The number of hydrogen-bond donors (Lipinski definition) is 0. The second kappa shape index (κ2) is 3.57. The van der Waals surface area contributed by atoms with Gasteiger partial charge in [0, 0.05) is 7.05 Å². The fourth-order valence-electron chi connectivity index (χ4n) is 0.719. The first-order chi connectivity index (χ1) is 5.57. The lowest BCUT2D eigenvalue weighted by Gasteiger charge is -1.98. The third kappa shape index (κ3) is 1.54. The molecule has 0 saturated carbocycles. The van der Waals surface area contributed by atoms with Crippen molar-refractivity contribution in [3.63, 3.8) is 0 Å². The number of methoxy groups -OCH3 is 1. The molecule has 0 aliphatic carbocycles. The second-order valence-corrected chi connectivity index (χ2v) is 3.57. The lowest BCUT2D eigenvalue weighted by Crippen LogP contribution is -2.08. The Morgan fingerprint density at radius 2 is 2.17 bits per heavy atom. The molecule has 0 aliphatic rings. The normalized spacial score (nSPS) is 10.0. The van der Waals surface area contributed by atoms with Crippen LogP contribution in [0.1, 0.15) is 10.6 Å². The molecule has 0 unspecified atom stereocenters. The molecule has 0 spiro atoms. The van der Waals surface area contributed by atoms with E-state index in [2.05, 4.69) is 41.6 Å². The minimum Gasteiger partial charge on any atom is -0.463 e. The third-order valence-corrected chi connectivity index (χ3v) is 3.35. The molecule has 4 nitrogen and oxygen atoms in total. The first kappa shape index (κ1) is 9.73. The monoisotopic (exact) mass is 296 g/mol. The van der Waals surface area contributed by atoms with Gasteiger partial charge in [-0.25, -0.2) is 9.78 Å². The minimum atomic E-state index is -0.455. The summed E-state index contributed by atoms with van der Waals surface area (Å²) in [6.45, 7) is 0. The van der Waals surface area contributed by atoms with E-state index in [9.17, 15) is 4.79 Å². The lowest BCUT2D eigenvalue weighted by atomic mass is 10.6. The van der Waals surface area contributed by atoms with Crippen LogP contribution in [0, 0.1) is 0 Å². The van der Waals surface area contributed by atoms with Crippen molar-refractivity contribution in [1.29, 1.82) is 0 Å². The van der Waals surface area contributed by atoms with Crippen LogP contribution in [-0.2, 0) is 11.8 Å². The zero-order valence-corrected chi connectivity index (χ0v) is 9.64. The van der Waals surface area contributed by atoms with Crippen molar-refractivity contribution in [3.05, 3.63) is 15.0 Å². The van der Waals surface area contributed by atoms with E-state index < -0.39 is 5.97 Å². The molecule has 0 amide bonds. The maximum atomic E-state index is 11.1. The Morgan fingerprint density at radius 1 is 1.58 bits per heavy atom. The molecule has 0 atom stereocenters. The van der Waals surface area contributed by atoms with Crippen LogP contribution in [0.5, 0.6) is 0 Å². The van der Waals surface area contributed by atoms with Gasteiger partial charge in [-0.1, -0.05) is 0 Å². The topological polar surface area (TPSA) is 44.1 Å². The SMILES string of the molecule is COC(=O)c1nc(Br)c(Br)n1C. The van der Waals surface area contributed by atoms with Gasteiger partial charge in [0.2, 0.25) is 5.82 Å². The largest absolute Gasteiger partial charge is 0.463 e. The summed E-state index contributed by atoms with van der Waals surface area (Å²) in [6.07, 6.45) is 0. The van der Waals surface area contributed by atoms with Crippen LogP contribution in [0.15, 0.2) is 9.21 Å². The lowest BCUT2D eigenvalue weighted by molar-refractivity contribution is 0.0582. The number of esters is 1. The number of aromatic nitrogens is 2. The molecule has 6 heteroatoms. The molecule has 0 saturated heterocycles. The summed E-state index contributed by atoms with van der Waals surface area (Å²) in [7, 11) is 3.03. The van der Waals surface area contributed by atoms with E-state index in [1.54, 1.807) is 11.6 Å². The average molecular weight is 298 g/mol. The molecule has 0 fully saturated rings. The first-order valence-electron chi connectivity index (χ1n) is 3.04. The minimum absolute atomic E-state index is 0.260. The molecule has 0 aromatic carbocycles. The fraction of sp³-hybridized carbons (Fsp3) is 0.333. The van der Waals surface area contributed by atoms with E-state index in [-0.39, 0.29) is 5.82 Å². The Labute approximate surface area is 86.2 Å². The zero-order valence-electron chi connectivity index (χ0n) is 6.47. The molecule has 12 heavy (non-hydrogen) atoms. The summed E-state index contributed by atoms with van der Waals surface area (Å²) < 4.78 is 7.41. The van der Waals surface area contributed by atoms with Crippen molar-refractivity contribution in [2.24, 2.45) is 7.05 Å². The highest BCUT2D eigenvalue weighted by Gasteiger charge is 2.16. The van der Waals surface area contributed by atoms with Crippen molar-refractivity contribution in [1.82, 2.24) is 9.55 Å². The molecular formula is C6H6Br2N2O2. The highest BCUT2D eigenvalue weighted by Crippen LogP contribution is 2.22. The van der Waals surface area contributed by atoms with E-state index in [1.165, 1.54) is 7.11 Å². The predicted octanol–water partition coefficient (Wildman–Crippen LogP) is 1.73. The number of rotatable bonds is 1. The summed E-state index contributed by atoms with van der Waals surface area (Å²) in [4.78, 5) is 15.0. The first-order valence-corrected chi connectivity index (χ1v) is 4.62. The molecule has 1 aromatic heterocycles. The van der Waals surface area contributed by atoms with Crippen LogP contribution >= 0.6 is 31.9 Å². The Balaban J connectivity index is 3.17. The van der Waals surface area contributed by atoms with E-state index >= 15 is 0 Å². The van der Waals surface area contributed by atoms with Gasteiger partial charge in [-0.2, -0.15) is 0 Å². The van der Waals surface area contributed by atoms with Gasteiger partial charge >= 0.3 is 5.97 Å². The van der Waals surface area contributed by atoms with Crippen LogP contribution in [-0.4, -0.2) is 22.6 Å². The molecule has 0 radical (unpaired) electrons. The van der Waals surface area contributed by atoms with Crippen molar-refractivity contribution in [2.45, 2.75) is 0 Å². The van der Waals surface area contributed by atoms with Gasteiger partial charge in [0.1, 0.15) is 9.21 Å². The number of ether oxygens (including phenoxy) is 1. The van der Waals surface area contributed by atoms with E-state index in [1.807, 2.05) is 0 Å². The highest BCUT2D eigenvalue weighted by atomic mass is 79.9. The predicted molar refractivity (Wildman–Crippen MR) is 49.9 cm³/mol. The summed E-state index contributed by atoms with van der Waals surface area (Å²) >= 11 is 6.42. The maximum Gasteiger partial charge on any atom is 0.374 e. The van der Waals surface area contributed by atoms with Gasteiger partial charge in [0.15, 0.2) is 0 Å². The van der Waals surface area contributed by atoms with Gasteiger partial charge in [0.25, 0.3) is 0 Å². The molecule has 1 heterocycles. The van der Waals surface area contributed by atoms with Gasteiger partial charge in [-0.3, -0.25) is 0 Å². The number of carbonyl (C=O) groups excluding carboxylic acids is 1. The number of halogens is 2. The van der Waals surface area contributed by atoms with Crippen molar-refractivity contribution in [2.75, 3.05) is 7.11 Å². The van der Waals surface area contributed by atoms with Crippen LogP contribution in [0.3, 0.4) is 0 Å². The van der Waals surface area contributed by atoms with Gasteiger partial charge < -0.3 is 9.30 Å². The van der Waals surface area contributed by atoms with E-state index in [4.69, 9.17) is 0 Å². The molecule has 1 rings (SSSR count). The number of imidazole rings is 1. The van der Waals surface area contributed by atoms with Crippen LogP contribution < -0.4 is 0 Å². The Hall–Kier alpha value is -0.360. The number of carbonyl (C=O) groups is 1. The third-order valence-electron chi connectivity index (χ3n) is 1.35. The van der Waals surface area contributed by atoms with E-state index in [0.29, 0.717) is 9.21 Å². The maximum absolute atomic E-state index is 11.1. The van der Waals surface area contributed by atoms with Crippen LogP contribution in [0.2, 0.25) is 0 Å². The molecule has 66 valence electrons. The van der Waals surface area contributed by atoms with E-state index in [0.717, 1.165) is 0 Å². The Kier molecular flexibility index (Phi) is 2.89. The molecule has 0 aliphatic heterocycles. The molecule has 0 N–H and O–H groups in total. The van der Waals surface area contributed by atoms with Gasteiger partial charge in [-0.05, 0) is 31.9 Å². The molecule has 0 bridgehead atoms. The standard InChI is InChI=1S/C6H6Br2N2O2/c1-10-4(8)3(7)9-5(10)6(11)12-2/h1-2H3. The van der Waals surface area contributed by atoms with Crippen molar-refractivity contribution < 1.29 is 9.53 Å². The Bertz CT molecular complexity index is 322. The van der Waals surface area contributed by atoms with Crippen LogP contribution in [0.25, 0.3) is 0 Å². The molecular weight excluding hydrogens is 292 g/mol. The van der Waals surface area contributed by atoms with Crippen LogP contribution in [0.4, 0.5) is 0 Å². The van der Waals surface area contributed by atoms with Gasteiger partial charge in [0.05, 0.1) is 7.11 Å². The van der Waals surface area contributed by atoms with Crippen molar-refractivity contribution in [3.8, 4) is 0 Å². The number of hydrogen-bond acceptors (Lipinski definition) is 3. The second-order valence-electron chi connectivity index (χ2n) is 2.07. The average Bonchev–Trinajstić information content (AvgIpc) is 2.32. The Morgan fingerprint density at radius 3 is 2.50 bits per heavy atom. The number of nitrogens with zero attached hydrogens (tertiary/aromatic N) is 2. The quantitative estimate of drug-likeness (QED) is 0.742. The summed E-state index contributed by atoms with van der Waals surface area (Å²) in [5.74, 6) is -0.194. The summed E-state index contributed by atoms with van der Waals surface area (Å²) in [5.41, 5.74) is 0. The summed E-state index contributed by atoms with van der Waals surface area (Å²) in [6, 6.07) is 0. The van der Waals surface area contributed by atoms with Gasteiger partial charge in [-0.15, -0.1) is 0 Å². The zero-order chi connectivity index (χ0) is 9.30.